The predicted molar refractivity (Wildman–Crippen MR) is 81.3 cm³/mol. The lowest BCUT2D eigenvalue weighted by Crippen LogP contribution is -2.02. The van der Waals surface area contributed by atoms with Gasteiger partial charge in [-0.25, -0.2) is 4.68 Å². The molecule has 1 aromatic carbocycles. The molecule has 0 atom stereocenters. The summed E-state index contributed by atoms with van der Waals surface area (Å²) in [4.78, 5) is 1.07. The molecule has 6 heteroatoms. The van der Waals surface area contributed by atoms with Crippen molar-refractivity contribution in [1.29, 1.82) is 0 Å². The van der Waals surface area contributed by atoms with Gasteiger partial charge in [-0.3, -0.25) is 0 Å². The maximum atomic E-state index is 6.17. The zero-order valence-corrected chi connectivity index (χ0v) is 12.0. The van der Waals surface area contributed by atoms with Crippen molar-refractivity contribution in [1.82, 2.24) is 9.78 Å². The number of nitrogens with two attached hydrogens (primary N) is 1. The van der Waals surface area contributed by atoms with E-state index in [0.29, 0.717) is 21.6 Å². The van der Waals surface area contributed by atoms with Gasteiger partial charge >= 0.3 is 0 Å². The van der Waals surface area contributed by atoms with E-state index < -0.39 is 0 Å². The van der Waals surface area contributed by atoms with E-state index in [4.69, 9.17) is 28.9 Å². The smallest absolute Gasteiger partial charge is 0.127 e. The fourth-order valence-electron chi connectivity index (χ4n) is 1.79. The third-order valence-corrected chi connectivity index (χ3v) is 4.08. The van der Waals surface area contributed by atoms with E-state index in [0.717, 1.165) is 10.6 Å². The third kappa shape index (κ3) is 2.34. The van der Waals surface area contributed by atoms with Crippen molar-refractivity contribution in [2.24, 2.45) is 0 Å². The quantitative estimate of drug-likeness (QED) is 0.758. The Labute approximate surface area is 124 Å². The number of thiophene rings is 1. The van der Waals surface area contributed by atoms with Crippen molar-refractivity contribution in [3.63, 3.8) is 0 Å². The molecule has 19 heavy (non-hydrogen) atoms. The number of halogens is 2. The van der Waals surface area contributed by atoms with Crippen LogP contribution in [0.2, 0.25) is 10.0 Å². The van der Waals surface area contributed by atoms with Crippen LogP contribution in [-0.2, 0) is 0 Å². The Hall–Kier alpha value is -1.49. The first kappa shape index (κ1) is 12.5. The summed E-state index contributed by atoms with van der Waals surface area (Å²) >= 11 is 13.7. The number of aromatic nitrogens is 2. The van der Waals surface area contributed by atoms with Crippen LogP contribution in [0.25, 0.3) is 16.3 Å². The average Bonchev–Trinajstić information content (AvgIpc) is 2.98. The van der Waals surface area contributed by atoms with Crippen LogP contribution in [0.4, 0.5) is 5.82 Å². The summed E-state index contributed by atoms with van der Waals surface area (Å²) in [6.45, 7) is 0. The standard InChI is InChI=1S/C13H9Cl2N3S/c14-8-3-4-11(9(15)6-8)18-13(16)7-10(17-18)12-2-1-5-19-12/h1-7H,16H2. The van der Waals surface area contributed by atoms with E-state index in [1.165, 1.54) is 0 Å². The molecule has 0 unspecified atom stereocenters. The number of anilines is 1. The fourth-order valence-corrected chi connectivity index (χ4v) is 2.96. The predicted octanol–water partition coefficient (Wildman–Crippen LogP) is 4.49. The number of nitrogen functional groups attached to an aromatic ring is 1. The zero-order chi connectivity index (χ0) is 13.4. The van der Waals surface area contributed by atoms with Crippen LogP contribution >= 0.6 is 34.5 Å². The van der Waals surface area contributed by atoms with E-state index in [9.17, 15) is 0 Å². The van der Waals surface area contributed by atoms with Crippen LogP contribution in [0.15, 0.2) is 41.8 Å². The minimum absolute atomic E-state index is 0.514. The highest BCUT2D eigenvalue weighted by Crippen LogP contribution is 2.30. The summed E-state index contributed by atoms with van der Waals surface area (Å²) in [5.74, 6) is 0.535. The zero-order valence-electron chi connectivity index (χ0n) is 9.68. The molecule has 2 aromatic heterocycles. The molecular formula is C13H9Cl2N3S. The van der Waals surface area contributed by atoms with Gasteiger partial charge in [-0.05, 0) is 29.6 Å². The molecule has 3 nitrogen and oxygen atoms in total. The van der Waals surface area contributed by atoms with Crippen LogP contribution in [0.5, 0.6) is 0 Å². The van der Waals surface area contributed by atoms with E-state index >= 15 is 0 Å². The lowest BCUT2D eigenvalue weighted by molar-refractivity contribution is 0.896. The second kappa shape index (κ2) is 4.89. The van der Waals surface area contributed by atoms with Crippen molar-refractivity contribution < 1.29 is 0 Å². The molecular weight excluding hydrogens is 301 g/mol. The molecule has 0 aliphatic rings. The van der Waals surface area contributed by atoms with E-state index in [1.807, 2.05) is 23.6 Å². The van der Waals surface area contributed by atoms with Crippen LogP contribution in [0, 0.1) is 0 Å². The molecule has 0 aliphatic carbocycles. The van der Waals surface area contributed by atoms with Crippen LogP contribution in [-0.4, -0.2) is 9.78 Å². The van der Waals surface area contributed by atoms with Gasteiger partial charge in [0.25, 0.3) is 0 Å². The molecule has 2 heterocycles. The van der Waals surface area contributed by atoms with Crippen molar-refractivity contribution in [2.45, 2.75) is 0 Å². The van der Waals surface area contributed by atoms with Gasteiger partial charge < -0.3 is 5.73 Å². The van der Waals surface area contributed by atoms with Crippen molar-refractivity contribution in [2.75, 3.05) is 5.73 Å². The monoisotopic (exact) mass is 309 g/mol. The van der Waals surface area contributed by atoms with Gasteiger partial charge in [-0.2, -0.15) is 5.10 Å². The summed E-state index contributed by atoms with van der Waals surface area (Å²) in [5, 5.41) is 7.58. The molecule has 0 fully saturated rings. The van der Waals surface area contributed by atoms with Gasteiger partial charge in [0.2, 0.25) is 0 Å². The highest BCUT2D eigenvalue weighted by molar-refractivity contribution is 7.13. The third-order valence-electron chi connectivity index (χ3n) is 2.65. The molecule has 96 valence electrons. The van der Waals surface area contributed by atoms with Gasteiger partial charge in [0.1, 0.15) is 11.5 Å². The Kier molecular flexibility index (Phi) is 3.22. The summed E-state index contributed by atoms with van der Waals surface area (Å²) in [6, 6.07) is 11.0. The fraction of sp³-hybridized carbons (Fsp3) is 0. The molecule has 0 amide bonds. The Bertz CT molecular complexity index is 720. The molecule has 0 spiro atoms. The van der Waals surface area contributed by atoms with Crippen molar-refractivity contribution >= 4 is 40.4 Å². The molecule has 3 aromatic rings. The number of rotatable bonds is 2. The van der Waals surface area contributed by atoms with E-state index in [2.05, 4.69) is 5.10 Å². The number of hydrogen-bond donors (Lipinski definition) is 1. The molecule has 0 aliphatic heterocycles. The summed E-state index contributed by atoms with van der Waals surface area (Å²) < 4.78 is 1.62. The number of benzene rings is 1. The van der Waals surface area contributed by atoms with Crippen molar-refractivity contribution in [3.8, 4) is 16.3 Å². The van der Waals surface area contributed by atoms with E-state index in [1.54, 1.807) is 34.2 Å². The van der Waals surface area contributed by atoms with Gasteiger partial charge in [0, 0.05) is 11.1 Å². The number of nitrogens with zero attached hydrogens (tertiary/aromatic N) is 2. The minimum Gasteiger partial charge on any atom is -0.384 e. The molecule has 0 saturated heterocycles. The van der Waals surface area contributed by atoms with Gasteiger partial charge in [0.15, 0.2) is 0 Å². The van der Waals surface area contributed by atoms with Gasteiger partial charge in [-0.15, -0.1) is 11.3 Å². The normalized spacial score (nSPS) is 10.8. The maximum Gasteiger partial charge on any atom is 0.127 e. The maximum absolute atomic E-state index is 6.17. The SMILES string of the molecule is Nc1cc(-c2cccs2)nn1-c1ccc(Cl)cc1Cl. The minimum atomic E-state index is 0.514. The lowest BCUT2D eigenvalue weighted by Gasteiger charge is -2.06. The van der Waals surface area contributed by atoms with Crippen LogP contribution < -0.4 is 5.73 Å². The summed E-state index contributed by atoms with van der Waals surface area (Å²) in [7, 11) is 0. The first-order valence-corrected chi connectivity index (χ1v) is 7.13. The van der Waals surface area contributed by atoms with Crippen LogP contribution in [0.1, 0.15) is 0 Å². The lowest BCUT2D eigenvalue weighted by atomic mass is 10.3. The Morgan fingerprint density at radius 3 is 2.68 bits per heavy atom. The Balaban J connectivity index is 2.11. The number of hydrogen-bond acceptors (Lipinski definition) is 3. The molecule has 0 bridgehead atoms. The topological polar surface area (TPSA) is 43.8 Å². The second-order valence-corrected chi connectivity index (χ2v) is 5.73. The highest BCUT2D eigenvalue weighted by Gasteiger charge is 2.12. The highest BCUT2D eigenvalue weighted by atomic mass is 35.5. The Morgan fingerprint density at radius 2 is 2.00 bits per heavy atom. The molecule has 0 radical (unpaired) electrons. The van der Waals surface area contributed by atoms with E-state index in [-0.39, 0.29) is 0 Å². The van der Waals surface area contributed by atoms with Crippen LogP contribution in [0.3, 0.4) is 0 Å². The first-order valence-electron chi connectivity index (χ1n) is 5.50. The Morgan fingerprint density at radius 1 is 1.16 bits per heavy atom. The molecule has 2 N–H and O–H groups in total. The average molecular weight is 310 g/mol. The van der Waals surface area contributed by atoms with Gasteiger partial charge in [-0.1, -0.05) is 29.3 Å². The molecule has 0 saturated carbocycles. The summed E-state index contributed by atoms with van der Waals surface area (Å²) in [5.41, 5.74) is 7.55. The van der Waals surface area contributed by atoms with Gasteiger partial charge in [0.05, 0.1) is 15.6 Å². The second-order valence-electron chi connectivity index (χ2n) is 3.94. The molecule has 3 rings (SSSR count). The van der Waals surface area contributed by atoms with Crippen molar-refractivity contribution in [3.05, 3.63) is 51.8 Å². The largest absolute Gasteiger partial charge is 0.384 e. The first-order chi connectivity index (χ1) is 9.15. The summed E-state index contributed by atoms with van der Waals surface area (Å²) in [6.07, 6.45) is 0.